The Morgan fingerprint density at radius 2 is 1.58 bits per heavy atom. The molecule has 0 aliphatic carbocycles. The van der Waals surface area contributed by atoms with E-state index in [1.54, 1.807) is 0 Å². The van der Waals surface area contributed by atoms with Gasteiger partial charge in [0.2, 0.25) is 0 Å². The van der Waals surface area contributed by atoms with E-state index in [1.165, 1.54) is 5.56 Å². The zero-order valence-electron chi connectivity index (χ0n) is 11.2. The zero-order chi connectivity index (χ0) is 13.5. The fourth-order valence-electron chi connectivity index (χ4n) is 1.82. The van der Waals surface area contributed by atoms with E-state index < -0.39 is 0 Å². The highest BCUT2D eigenvalue weighted by Gasteiger charge is 2.23. The molecule has 100 valence electrons. The van der Waals surface area contributed by atoms with Crippen LogP contribution in [0.15, 0.2) is 60.7 Å². The number of ether oxygens (including phenoxy) is 1. The van der Waals surface area contributed by atoms with E-state index in [1.807, 2.05) is 55.5 Å². The molecule has 0 radical (unpaired) electrons. The minimum Gasteiger partial charge on any atom is -0.388 e. The van der Waals surface area contributed by atoms with Gasteiger partial charge >= 0.3 is 0 Å². The monoisotopic (exact) mass is 256 g/mol. The maximum atomic E-state index is 9.33. The zero-order valence-corrected chi connectivity index (χ0v) is 11.2. The Kier molecular flexibility index (Phi) is 5.13. The minimum absolute atomic E-state index is 0.291. The van der Waals surface area contributed by atoms with Crippen molar-refractivity contribution in [2.75, 3.05) is 6.61 Å². The topological polar surface area (TPSA) is 32.8 Å². The molecule has 1 aliphatic rings. The van der Waals surface area contributed by atoms with Crippen molar-refractivity contribution < 1.29 is 9.84 Å². The Morgan fingerprint density at radius 1 is 1.05 bits per heavy atom. The highest BCUT2D eigenvalue weighted by molar-refractivity contribution is 5.19. The number of rotatable bonds is 3. The van der Waals surface area contributed by atoms with E-state index in [0.29, 0.717) is 6.10 Å². The molecule has 1 aliphatic heterocycles. The summed E-state index contributed by atoms with van der Waals surface area (Å²) in [6, 6.07) is 20.0. The third-order valence-electron chi connectivity index (χ3n) is 3.08. The molecule has 0 bridgehead atoms. The van der Waals surface area contributed by atoms with Crippen LogP contribution in [0.3, 0.4) is 0 Å². The van der Waals surface area contributed by atoms with Gasteiger partial charge in [0.1, 0.15) is 6.10 Å². The van der Waals surface area contributed by atoms with Gasteiger partial charge in [0.05, 0.1) is 12.7 Å². The summed E-state index contributed by atoms with van der Waals surface area (Å²) in [5.74, 6) is 0. The molecular formula is C17H20O2. The second kappa shape index (κ2) is 7.07. The molecule has 0 saturated carbocycles. The van der Waals surface area contributed by atoms with Gasteiger partial charge < -0.3 is 9.84 Å². The number of aliphatic hydroxyl groups excluding tert-OH is 1. The van der Waals surface area contributed by atoms with Crippen molar-refractivity contribution in [3.05, 3.63) is 71.8 Å². The predicted molar refractivity (Wildman–Crippen MR) is 76.8 cm³/mol. The van der Waals surface area contributed by atoms with Crippen LogP contribution in [0, 0.1) is 0 Å². The Bertz CT molecular complexity index is 463. The first-order valence-electron chi connectivity index (χ1n) is 6.70. The third-order valence-corrected chi connectivity index (χ3v) is 3.08. The van der Waals surface area contributed by atoms with Crippen molar-refractivity contribution in [2.45, 2.75) is 25.6 Å². The van der Waals surface area contributed by atoms with Crippen LogP contribution in [0.4, 0.5) is 0 Å². The highest BCUT2D eigenvalue weighted by Crippen LogP contribution is 2.28. The van der Waals surface area contributed by atoms with Crippen LogP contribution in [0.2, 0.25) is 0 Å². The molecular weight excluding hydrogens is 236 g/mol. The summed E-state index contributed by atoms with van der Waals surface area (Å²) in [7, 11) is 0. The van der Waals surface area contributed by atoms with E-state index in [9.17, 15) is 5.11 Å². The second-order valence-electron chi connectivity index (χ2n) is 4.57. The van der Waals surface area contributed by atoms with Crippen molar-refractivity contribution in [3.63, 3.8) is 0 Å². The van der Waals surface area contributed by atoms with Gasteiger partial charge in [-0.25, -0.2) is 0 Å². The number of benzene rings is 2. The van der Waals surface area contributed by atoms with Gasteiger partial charge in [-0.2, -0.15) is 0 Å². The highest BCUT2D eigenvalue weighted by atomic mass is 16.6. The Hall–Kier alpha value is -1.64. The molecule has 2 unspecified atom stereocenters. The molecule has 1 saturated heterocycles. The number of epoxide rings is 1. The van der Waals surface area contributed by atoms with Gasteiger partial charge in [0.15, 0.2) is 0 Å². The quantitative estimate of drug-likeness (QED) is 0.845. The maximum absolute atomic E-state index is 9.33. The Labute approximate surface area is 114 Å². The lowest BCUT2D eigenvalue weighted by Crippen LogP contribution is -1.93. The predicted octanol–water partition coefficient (Wildman–Crippen LogP) is 3.89. The van der Waals surface area contributed by atoms with E-state index in [0.717, 1.165) is 18.6 Å². The SMILES string of the molecule is CCC(O)c1ccccc1.c1ccc(C2CO2)cc1. The molecule has 3 rings (SSSR count). The van der Waals surface area contributed by atoms with Crippen molar-refractivity contribution in [1.82, 2.24) is 0 Å². The van der Waals surface area contributed by atoms with E-state index >= 15 is 0 Å². The van der Waals surface area contributed by atoms with Crippen LogP contribution >= 0.6 is 0 Å². The minimum atomic E-state index is -0.291. The molecule has 1 N–H and O–H groups in total. The van der Waals surface area contributed by atoms with Crippen LogP contribution in [-0.4, -0.2) is 11.7 Å². The fraction of sp³-hybridized carbons (Fsp3) is 0.294. The van der Waals surface area contributed by atoms with Crippen LogP contribution in [0.25, 0.3) is 0 Å². The lowest BCUT2D eigenvalue weighted by atomic mass is 10.1. The molecule has 1 heterocycles. The molecule has 2 nitrogen and oxygen atoms in total. The summed E-state index contributed by atoms with van der Waals surface area (Å²) in [4.78, 5) is 0. The lowest BCUT2D eigenvalue weighted by molar-refractivity contribution is 0.173. The molecule has 0 amide bonds. The van der Waals surface area contributed by atoms with Gasteiger partial charge in [-0.3, -0.25) is 0 Å². The first-order chi connectivity index (χ1) is 9.31. The number of aliphatic hydroxyl groups is 1. The van der Waals surface area contributed by atoms with Crippen LogP contribution in [0.1, 0.15) is 36.7 Å². The smallest absolute Gasteiger partial charge is 0.106 e. The molecule has 0 spiro atoms. The molecule has 0 aromatic heterocycles. The molecule has 2 aromatic carbocycles. The first kappa shape index (κ1) is 13.8. The molecule has 2 atom stereocenters. The average Bonchev–Trinajstić information content (AvgIpc) is 3.34. The van der Waals surface area contributed by atoms with Crippen molar-refractivity contribution in [1.29, 1.82) is 0 Å². The summed E-state index contributed by atoms with van der Waals surface area (Å²) in [6.45, 7) is 2.88. The van der Waals surface area contributed by atoms with Gasteiger partial charge in [0, 0.05) is 0 Å². The Balaban J connectivity index is 0.000000141. The van der Waals surface area contributed by atoms with E-state index in [2.05, 4.69) is 12.1 Å². The average molecular weight is 256 g/mol. The standard InChI is InChI=1S/C9H12O.C8H8O/c1-2-9(10)8-6-4-3-5-7-8;1-2-4-7(5-3-1)8-6-9-8/h3-7,9-10H,2H2,1H3;1-5,8H,6H2. The van der Waals surface area contributed by atoms with Crippen LogP contribution in [0.5, 0.6) is 0 Å². The maximum Gasteiger partial charge on any atom is 0.106 e. The summed E-state index contributed by atoms with van der Waals surface area (Å²) < 4.78 is 5.09. The first-order valence-corrected chi connectivity index (χ1v) is 6.70. The third kappa shape index (κ3) is 4.51. The Morgan fingerprint density at radius 3 is 2.05 bits per heavy atom. The molecule has 2 heteroatoms. The van der Waals surface area contributed by atoms with E-state index in [-0.39, 0.29) is 6.10 Å². The van der Waals surface area contributed by atoms with Gasteiger partial charge in [-0.05, 0) is 17.5 Å². The molecule has 19 heavy (non-hydrogen) atoms. The van der Waals surface area contributed by atoms with Crippen molar-refractivity contribution >= 4 is 0 Å². The lowest BCUT2D eigenvalue weighted by Gasteiger charge is -2.05. The summed E-state index contributed by atoms with van der Waals surface area (Å²) in [5.41, 5.74) is 2.31. The summed E-state index contributed by atoms with van der Waals surface area (Å²) in [5, 5.41) is 9.33. The fourth-order valence-corrected chi connectivity index (χ4v) is 1.82. The normalized spacial score (nSPS) is 18.1. The van der Waals surface area contributed by atoms with Gasteiger partial charge in [-0.15, -0.1) is 0 Å². The summed E-state index contributed by atoms with van der Waals surface area (Å²) >= 11 is 0. The van der Waals surface area contributed by atoms with Crippen molar-refractivity contribution in [3.8, 4) is 0 Å². The number of hydrogen-bond acceptors (Lipinski definition) is 2. The van der Waals surface area contributed by atoms with Crippen LogP contribution < -0.4 is 0 Å². The molecule has 1 fully saturated rings. The largest absolute Gasteiger partial charge is 0.388 e. The van der Waals surface area contributed by atoms with Crippen molar-refractivity contribution in [2.24, 2.45) is 0 Å². The second-order valence-corrected chi connectivity index (χ2v) is 4.57. The van der Waals surface area contributed by atoms with Gasteiger partial charge in [0.25, 0.3) is 0 Å². The number of hydrogen-bond donors (Lipinski definition) is 1. The summed E-state index contributed by atoms with van der Waals surface area (Å²) in [6.07, 6.45) is 0.900. The molecule has 2 aromatic rings. The van der Waals surface area contributed by atoms with E-state index in [4.69, 9.17) is 4.74 Å². The van der Waals surface area contributed by atoms with Crippen LogP contribution in [-0.2, 0) is 4.74 Å². The van der Waals surface area contributed by atoms with Gasteiger partial charge in [-0.1, -0.05) is 67.6 Å².